The summed E-state index contributed by atoms with van der Waals surface area (Å²) in [5.74, 6) is -0.970. The minimum Gasteiger partial charge on any atom is -0.494 e. The maximum absolute atomic E-state index is 15.0. The molecule has 2 atom stereocenters. The van der Waals surface area contributed by atoms with E-state index in [1.807, 2.05) is 24.3 Å². The van der Waals surface area contributed by atoms with Crippen molar-refractivity contribution < 1.29 is 49.5 Å². The molecule has 0 aliphatic carbocycles. The van der Waals surface area contributed by atoms with Crippen molar-refractivity contribution in [2.75, 3.05) is 65.7 Å². The number of aryl methyl sites for hydroxylation is 1. The Morgan fingerprint density at radius 1 is 0.869 bits per heavy atom. The predicted molar refractivity (Wildman–Crippen MR) is 223 cm³/mol. The van der Waals surface area contributed by atoms with Gasteiger partial charge >= 0.3 is 0 Å². The van der Waals surface area contributed by atoms with E-state index >= 15 is 4.39 Å². The molecule has 0 saturated carbocycles. The Kier molecular flexibility index (Phi) is 13.3. The van der Waals surface area contributed by atoms with Crippen LogP contribution in [0.1, 0.15) is 48.0 Å². The van der Waals surface area contributed by atoms with Crippen LogP contribution in [0.2, 0.25) is 0 Å². The first-order valence-corrected chi connectivity index (χ1v) is 21.9. The molecule has 13 nitrogen and oxygen atoms in total. The lowest BCUT2D eigenvalue weighted by Gasteiger charge is -2.40. The first-order chi connectivity index (χ1) is 29.3. The molecule has 0 spiro atoms. The molecule has 5 aromatic rings. The number of halogens is 3. The summed E-state index contributed by atoms with van der Waals surface area (Å²) in [7, 11) is 0.0776. The minimum atomic E-state index is -4.19. The maximum Gasteiger partial charge on any atom is 0.266 e. The highest BCUT2D eigenvalue weighted by molar-refractivity contribution is 7.86. The third-order valence-electron chi connectivity index (χ3n) is 11.5. The number of fused-ring (bicyclic) bond motifs is 1. The third kappa shape index (κ3) is 9.68. The number of carbonyl (C=O) groups is 1. The predicted octanol–water partition coefficient (Wildman–Crippen LogP) is 7.00. The van der Waals surface area contributed by atoms with E-state index in [0.29, 0.717) is 50.5 Å². The average Bonchev–Trinajstić information content (AvgIpc) is 3.79. The fourth-order valence-corrected chi connectivity index (χ4v) is 9.05. The van der Waals surface area contributed by atoms with Gasteiger partial charge in [0.05, 0.1) is 45.2 Å². The van der Waals surface area contributed by atoms with E-state index in [4.69, 9.17) is 28.1 Å². The van der Waals surface area contributed by atoms with Gasteiger partial charge in [-0.3, -0.25) is 4.79 Å². The van der Waals surface area contributed by atoms with Crippen LogP contribution < -0.4 is 24.3 Å². The van der Waals surface area contributed by atoms with Gasteiger partial charge in [-0.1, -0.05) is 18.2 Å². The molecule has 2 saturated heterocycles. The quantitative estimate of drug-likeness (QED) is 0.0766. The maximum atomic E-state index is 15.0. The molecule has 4 aromatic carbocycles. The van der Waals surface area contributed by atoms with Crippen LogP contribution in [-0.2, 0) is 26.3 Å². The van der Waals surface area contributed by atoms with Crippen molar-refractivity contribution in [1.29, 1.82) is 0 Å². The van der Waals surface area contributed by atoms with Crippen molar-refractivity contribution in [2.24, 2.45) is 0 Å². The van der Waals surface area contributed by atoms with Crippen LogP contribution in [0.15, 0.2) is 78.9 Å². The second kappa shape index (κ2) is 18.6. The number of nitrogens with one attached hydrogen (secondary N) is 1. The number of anilines is 1. The van der Waals surface area contributed by atoms with Gasteiger partial charge < -0.3 is 38.6 Å². The lowest BCUT2D eigenvalue weighted by atomic mass is 9.75. The number of carbonyl (C=O) groups excluding carboxylic acids is 1. The van der Waals surface area contributed by atoms with Crippen molar-refractivity contribution in [3.63, 3.8) is 0 Å². The molecule has 7 rings (SSSR count). The summed E-state index contributed by atoms with van der Waals surface area (Å²) in [5, 5.41) is 3.67. The zero-order valence-electron chi connectivity index (χ0n) is 34.5. The zero-order chi connectivity index (χ0) is 43.3. The van der Waals surface area contributed by atoms with Crippen LogP contribution in [0.5, 0.6) is 23.0 Å². The van der Waals surface area contributed by atoms with Crippen LogP contribution in [0, 0.1) is 17.5 Å². The highest BCUT2D eigenvalue weighted by Gasteiger charge is 2.53. The van der Waals surface area contributed by atoms with Crippen molar-refractivity contribution in [2.45, 2.75) is 56.3 Å². The lowest BCUT2D eigenvalue weighted by Crippen LogP contribution is -2.50. The number of nitrogens with zero attached hydrogens (tertiary/aromatic N) is 4. The smallest absolute Gasteiger partial charge is 0.266 e. The second-order valence-electron chi connectivity index (χ2n) is 15.3. The van der Waals surface area contributed by atoms with Gasteiger partial charge in [0.1, 0.15) is 11.6 Å². The number of benzene rings is 4. The molecule has 2 aliphatic rings. The highest BCUT2D eigenvalue weighted by Crippen LogP contribution is 2.46. The van der Waals surface area contributed by atoms with Gasteiger partial charge in [0, 0.05) is 43.2 Å². The third-order valence-corrected chi connectivity index (χ3v) is 12.1. The SMILES string of the molecule is COc1cc(C(=O)N2CCC(CCN3CCC(Nc4nc5ccccc5n4CCCOc4ccc(F)cc4)CC3)(c3ccc(F)c(F)c3)C2OS(C)(=O)=O)cc(OC)c1OC. The summed E-state index contributed by atoms with van der Waals surface area (Å²) in [4.78, 5) is 22.8. The summed E-state index contributed by atoms with van der Waals surface area (Å²) in [6.07, 6.45) is 2.21. The van der Waals surface area contributed by atoms with Gasteiger partial charge in [0.25, 0.3) is 16.0 Å². The Morgan fingerprint density at radius 2 is 1.57 bits per heavy atom. The van der Waals surface area contributed by atoms with Gasteiger partial charge in [-0.25, -0.2) is 22.3 Å². The van der Waals surface area contributed by atoms with Crippen molar-refractivity contribution in [3.8, 4) is 23.0 Å². The Hall–Kier alpha value is -5.52. The van der Waals surface area contributed by atoms with Crippen molar-refractivity contribution in [1.82, 2.24) is 19.4 Å². The molecule has 1 amide bonds. The van der Waals surface area contributed by atoms with Crippen LogP contribution in [0.4, 0.5) is 19.1 Å². The number of rotatable bonds is 17. The second-order valence-corrected chi connectivity index (χ2v) is 16.9. The van der Waals surface area contributed by atoms with Crippen LogP contribution in [-0.4, -0.2) is 106 Å². The number of ether oxygens (including phenoxy) is 4. The molecule has 0 radical (unpaired) electrons. The van der Waals surface area contributed by atoms with Gasteiger partial charge in [-0.2, -0.15) is 8.42 Å². The molecular weight excluding hydrogens is 816 g/mol. The van der Waals surface area contributed by atoms with Crippen molar-refractivity contribution >= 4 is 33.0 Å². The Morgan fingerprint density at radius 3 is 2.23 bits per heavy atom. The molecule has 3 heterocycles. The number of hydrogen-bond donors (Lipinski definition) is 1. The van der Waals surface area contributed by atoms with E-state index in [9.17, 15) is 22.0 Å². The standard InChI is InChI=1S/C44H50F3N5O8S/c1-56-38-26-29(27-39(57-2)40(38)58-3)41(53)52-24-19-44(42(52)60-61(4,54)55,30-10-15-34(46)35(47)28-30)18-23-50-21-16-32(17-22-50)48-43-49-36-8-5-6-9-37(36)51(43)20-7-25-59-33-13-11-31(45)12-14-33/h5-6,8-15,26-28,32,42H,7,16-25H2,1-4H3,(H,48,49). The molecule has 17 heteroatoms. The van der Waals surface area contributed by atoms with E-state index in [2.05, 4.69) is 14.8 Å². The summed E-state index contributed by atoms with van der Waals surface area (Å²) < 4.78 is 98.7. The molecule has 1 N–H and O–H groups in total. The first kappa shape index (κ1) is 43.6. The summed E-state index contributed by atoms with van der Waals surface area (Å²) in [6, 6.07) is 20.4. The Balaban J connectivity index is 1.07. The molecule has 61 heavy (non-hydrogen) atoms. The van der Waals surface area contributed by atoms with E-state index in [-0.39, 0.29) is 54.1 Å². The number of hydrogen-bond acceptors (Lipinski definition) is 11. The monoisotopic (exact) mass is 865 g/mol. The number of piperidine rings is 1. The van der Waals surface area contributed by atoms with Crippen LogP contribution in [0.3, 0.4) is 0 Å². The number of methoxy groups -OCH3 is 3. The van der Waals surface area contributed by atoms with Gasteiger partial charge in [-0.05, 0) is 105 Å². The first-order valence-electron chi connectivity index (χ1n) is 20.1. The van der Waals surface area contributed by atoms with Crippen LogP contribution in [0.25, 0.3) is 11.0 Å². The number of amides is 1. The molecule has 0 bridgehead atoms. The van der Waals surface area contributed by atoms with Crippen LogP contribution >= 0.6 is 0 Å². The van der Waals surface area contributed by atoms with E-state index in [0.717, 1.165) is 48.2 Å². The Labute approximate surface area is 353 Å². The zero-order valence-corrected chi connectivity index (χ0v) is 35.4. The lowest BCUT2D eigenvalue weighted by molar-refractivity contribution is 0.0137. The minimum absolute atomic E-state index is 0.0556. The summed E-state index contributed by atoms with van der Waals surface area (Å²) in [5.41, 5.74) is 1.06. The van der Waals surface area contributed by atoms with Gasteiger partial charge in [0.2, 0.25) is 11.7 Å². The molecule has 326 valence electrons. The number of imidazole rings is 1. The van der Waals surface area contributed by atoms with E-state index < -0.39 is 39.3 Å². The van der Waals surface area contributed by atoms with E-state index in [1.165, 1.54) is 56.6 Å². The number of aromatic nitrogens is 2. The highest BCUT2D eigenvalue weighted by atomic mass is 32.2. The molecule has 2 aliphatic heterocycles. The van der Waals surface area contributed by atoms with Crippen molar-refractivity contribution in [3.05, 3.63) is 107 Å². The molecule has 2 fully saturated rings. The van der Waals surface area contributed by atoms with Gasteiger partial charge in [0.15, 0.2) is 29.4 Å². The molecule has 1 aromatic heterocycles. The van der Waals surface area contributed by atoms with E-state index in [1.54, 1.807) is 12.1 Å². The topological polar surface area (TPSA) is 134 Å². The largest absolute Gasteiger partial charge is 0.494 e. The normalized spacial score (nSPS) is 18.7. The van der Waals surface area contributed by atoms with Gasteiger partial charge in [-0.15, -0.1) is 0 Å². The molecule has 2 unspecified atom stereocenters. The molecular formula is C44H50F3N5O8S. The number of likely N-dealkylation sites (tertiary alicyclic amines) is 2. The fraction of sp³-hybridized carbons (Fsp3) is 0.409. The fourth-order valence-electron chi connectivity index (χ4n) is 8.43. The average molecular weight is 866 g/mol. The summed E-state index contributed by atoms with van der Waals surface area (Å²) in [6.45, 7) is 2.96. The number of para-hydroxylation sites is 2. The Bertz CT molecular complexity index is 2420. The summed E-state index contributed by atoms with van der Waals surface area (Å²) >= 11 is 0.